The van der Waals surface area contributed by atoms with Gasteiger partial charge in [-0.15, -0.1) is 0 Å². The van der Waals surface area contributed by atoms with Gasteiger partial charge in [-0.1, -0.05) is 12.1 Å². The van der Waals surface area contributed by atoms with Crippen LogP contribution in [-0.2, 0) is 11.3 Å². The first-order valence-electron chi connectivity index (χ1n) is 10.4. The lowest BCUT2D eigenvalue weighted by atomic mass is 10.0. The third-order valence-electron chi connectivity index (χ3n) is 5.28. The van der Waals surface area contributed by atoms with Gasteiger partial charge in [0.25, 0.3) is 0 Å². The smallest absolute Gasteiger partial charge is 0.229 e. The Morgan fingerprint density at radius 1 is 1.03 bits per heavy atom. The molecule has 2 N–H and O–H groups in total. The molecule has 1 saturated heterocycles. The van der Waals surface area contributed by atoms with Crippen molar-refractivity contribution in [3.63, 3.8) is 0 Å². The Labute approximate surface area is 182 Å². The van der Waals surface area contributed by atoms with E-state index in [4.69, 9.17) is 10.00 Å². The van der Waals surface area contributed by atoms with Crippen molar-refractivity contribution < 1.29 is 4.74 Å². The number of nitrogens with zero attached hydrogens (tertiary/aromatic N) is 4. The molecule has 158 valence electrons. The molecule has 0 amide bonds. The molecule has 0 saturated carbocycles. The first kappa shape index (κ1) is 20.8. The number of aryl methyl sites for hydroxylation is 2. The van der Waals surface area contributed by atoms with Crippen LogP contribution in [0, 0.1) is 25.2 Å². The van der Waals surface area contributed by atoms with E-state index >= 15 is 0 Å². The summed E-state index contributed by atoms with van der Waals surface area (Å²) in [6, 6.07) is 15.6. The van der Waals surface area contributed by atoms with Gasteiger partial charge >= 0.3 is 0 Å². The van der Waals surface area contributed by atoms with Crippen molar-refractivity contribution in [3.05, 3.63) is 70.9 Å². The lowest BCUT2D eigenvalue weighted by Gasteiger charge is -2.27. The first-order chi connectivity index (χ1) is 15.1. The van der Waals surface area contributed by atoms with Crippen LogP contribution in [0.1, 0.15) is 22.3 Å². The molecule has 3 aromatic rings. The van der Waals surface area contributed by atoms with Gasteiger partial charge in [-0.25, -0.2) is 4.98 Å². The van der Waals surface area contributed by atoms with Crippen molar-refractivity contribution >= 4 is 23.1 Å². The highest BCUT2D eigenvalue weighted by molar-refractivity contribution is 5.66. The highest BCUT2D eigenvalue weighted by Crippen LogP contribution is 2.26. The summed E-state index contributed by atoms with van der Waals surface area (Å²) in [6.07, 6.45) is 1.72. The van der Waals surface area contributed by atoms with E-state index in [0.29, 0.717) is 11.5 Å². The molecule has 1 fully saturated rings. The summed E-state index contributed by atoms with van der Waals surface area (Å²) in [5, 5.41) is 15.6. The second kappa shape index (κ2) is 9.56. The Hall–Kier alpha value is -3.47. The third-order valence-corrected chi connectivity index (χ3v) is 5.28. The van der Waals surface area contributed by atoms with Gasteiger partial charge in [0.15, 0.2) is 0 Å². The van der Waals surface area contributed by atoms with Crippen LogP contribution in [0.5, 0.6) is 0 Å². The molecule has 1 aliphatic rings. The van der Waals surface area contributed by atoms with Crippen LogP contribution in [0.15, 0.2) is 48.7 Å². The number of nitrogens with one attached hydrogen (secondary N) is 2. The molecule has 7 heteroatoms. The van der Waals surface area contributed by atoms with Crippen molar-refractivity contribution in [3.8, 4) is 6.07 Å². The lowest BCUT2D eigenvalue weighted by Crippen LogP contribution is -2.35. The van der Waals surface area contributed by atoms with E-state index in [1.165, 1.54) is 16.7 Å². The number of aromatic nitrogens is 2. The van der Waals surface area contributed by atoms with E-state index < -0.39 is 0 Å². The summed E-state index contributed by atoms with van der Waals surface area (Å²) in [7, 11) is 0. The lowest BCUT2D eigenvalue weighted by molar-refractivity contribution is 0.0342. The fourth-order valence-corrected chi connectivity index (χ4v) is 3.73. The summed E-state index contributed by atoms with van der Waals surface area (Å²) in [4.78, 5) is 11.3. The number of hydrogen-bond donors (Lipinski definition) is 2. The van der Waals surface area contributed by atoms with Gasteiger partial charge in [0.2, 0.25) is 5.95 Å². The van der Waals surface area contributed by atoms with E-state index in [0.717, 1.165) is 50.0 Å². The van der Waals surface area contributed by atoms with Gasteiger partial charge in [-0.05, 0) is 60.9 Å². The molecule has 0 atom stereocenters. The Morgan fingerprint density at radius 2 is 1.74 bits per heavy atom. The highest BCUT2D eigenvalue weighted by Gasteiger charge is 2.13. The Morgan fingerprint density at radius 3 is 2.42 bits per heavy atom. The summed E-state index contributed by atoms with van der Waals surface area (Å²) < 4.78 is 5.45. The zero-order chi connectivity index (χ0) is 21.6. The van der Waals surface area contributed by atoms with Crippen molar-refractivity contribution in [2.45, 2.75) is 20.4 Å². The van der Waals surface area contributed by atoms with Gasteiger partial charge in [0.1, 0.15) is 5.82 Å². The molecule has 0 radical (unpaired) electrons. The summed E-state index contributed by atoms with van der Waals surface area (Å²) in [6.45, 7) is 8.76. The quantitative estimate of drug-likeness (QED) is 0.622. The van der Waals surface area contributed by atoms with E-state index in [2.05, 4.69) is 57.6 Å². The van der Waals surface area contributed by atoms with Crippen molar-refractivity contribution in [1.82, 2.24) is 14.9 Å². The van der Waals surface area contributed by atoms with Gasteiger partial charge < -0.3 is 15.4 Å². The molecular formula is C24H26N6O. The molecule has 2 aromatic carbocycles. The Balaban J connectivity index is 1.47. The minimum absolute atomic E-state index is 0.494. The largest absolute Gasteiger partial charge is 0.379 e. The maximum atomic E-state index is 8.93. The van der Waals surface area contributed by atoms with E-state index in [-0.39, 0.29) is 0 Å². The number of benzene rings is 2. The monoisotopic (exact) mass is 414 g/mol. The zero-order valence-electron chi connectivity index (χ0n) is 17.9. The van der Waals surface area contributed by atoms with Crippen LogP contribution in [0.2, 0.25) is 0 Å². The maximum Gasteiger partial charge on any atom is 0.229 e. The van der Waals surface area contributed by atoms with Gasteiger partial charge in [0.05, 0.1) is 24.8 Å². The number of hydrogen-bond acceptors (Lipinski definition) is 7. The molecule has 0 aliphatic carbocycles. The molecule has 2 heterocycles. The minimum Gasteiger partial charge on any atom is -0.379 e. The number of ether oxygens (including phenoxy) is 1. The molecule has 31 heavy (non-hydrogen) atoms. The molecule has 0 bridgehead atoms. The normalized spacial score (nSPS) is 14.1. The van der Waals surface area contributed by atoms with Gasteiger partial charge in [-0.2, -0.15) is 10.2 Å². The molecule has 1 aliphatic heterocycles. The minimum atomic E-state index is 0.494. The molecule has 4 rings (SSSR count). The number of rotatable bonds is 6. The first-order valence-corrected chi connectivity index (χ1v) is 10.4. The van der Waals surface area contributed by atoms with Gasteiger partial charge in [-0.3, -0.25) is 4.90 Å². The van der Waals surface area contributed by atoms with E-state index in [1.807, 2.05) is 18.2 Å². The predicted molar refractivity (Wildman–Crippen MR) is 122 cm³/mol. The van der Waals surface area contributed by atoms with Gasteiger partial charge in [0, 0.05) is 37.2 Å². The van der Waals surface area contributed by atoms with E-state index in [1.54, 1.807) is 18.3 Å². The average Bonchev–Trinajstić information content (AvgIpc) is 2.78. The van der Waals surface area contributed by atoms with Crippen molar-refractivity contribution in [2.75, 3.05) is 36.9 Å². The van der Waals surface area contributed by atoms with Crippen LogP contribution in [-0.4, -0.2) is 41.2 Å². The summed E-state index contributed by atoms with van der Waals surface area (Å²) >= 11 is 0. The van der Waals surface area contributed by atoms with Crippen LogP contribution >= 0.6 is 0 Å². The van der Waals surface area contributed by atoms with Crippen LogP contribution in [0.25, 0.3) is 0 Å². The average molecular weight is 415 g/mol. The molecule has 0 spiro atoms. The molecule has 7 nitrogen and oxygen atoms in total. The molecule has 1 aromatic heterocycles. The third kappa shape index (κ3) is 5.37. The SMILES string of the molecule is Cc1cc(CN2CCOCC2)cc(C)c1Nc1ccnc(Nc2ccc(C#N)cc2)n1. The van der Waals surface area contributed by atoms with Crippen LogP contribution in [0.3, 0.4) is 0 Å². The second-order valence-corrected chi connectivity index (χ2v) is 7.70. The number of nitriles is 1. The standard InChI is InChI=1S/C24H26N6O/c1-17-13-20(16-30-9-11-31-12-10-30)14-18(2)23(17)28-22-7-8-26-24(29-22)27-21-5-3-19(15-25)4-6-21/h3-8,13-14H,9-12,16H2,1-2H3,(H2,26,27,28,29). The van der Waals surface area contributed by atoms with Crippen LogP contribution < -0.4 is 10.6 Å². The second-order valence-electron chi connectivity index (χ2n) is 7.70. The zero-order valence-corrected chi connectivity index (χ0v) is 17.9. The highest BCUT2D eigenvalue weighted by atomic mass is 16.5. The Bertz CT molecular complexity index is 1060. The fourth-order valence-electron chi connectivity index (χ4n) is 3.73. The van der Waals surface area contributed by atoms with Crippen molar-refractivity contribution in [2.24, 2.45) is 0 Å². The fraction of sp³-hybridized carbons (Fsp3) is 0.292. The summed E-state index contributed by atoms with van der Waals surface area (Å²) in [5.74, 6) is 1.22. The number of morpholine rings is 1. The van der Waals surface area contributed by atoms with E-state index in [9.17, 15) is 0 Å². The predicted octanol–water partition coefficient (Wildman–Crippen LogP) is 4.28. The Kier molecular flexibility index (Phi) is 6.41. The topological polar surface area (TPSA) is 86.1 Å². The summed E-state index contributed by atoms with van der Waals surface area (Å²) in [5.41, 5.74) is 6.19. The van der Waals surface area contributed by atoms with Crippen LogP contribution in [0.4, 0.5) is 23.1 Å². The number of anilines is 4. The van der Waals surface area contributed by atoms with Crippen molar-refractivity contribution in [1.29, 1.82) is 5.26 Å². The molecular weight excluding hydrogens is 388 g/mol. The maximum absolute atomic E-state index is 8.93. The molecule has 0 unspecified atom stereocenters.